The van der Waals surface area contributed by atoms with Crippen molar-refractivity contribution in [2.24, 2.45) is 0 Å². The van der Waals surface area contributed by atoms with Crippen LogP contribution in [0.1, 0.15) is 16.7 Å². The molecule has 0 bridgehead atoms. The first-order valence-electron chi connectivity index (χ1n) is 16.4. The van der Waals surface area contributed by atoms with E-state index in [0.29, 0.717) is 28.7 Å². The van der Waals surface area contributed by atoms with Gasteiger partial charge in [-0.25, -0.2) is 16.8 Å². The minimum atomic E-state index is -4.50. The third-order valence-corrected chi connectivity index (χ3v) is 11.5. The number of nitrogens with zero attached hydrogens (tertiary/aromatic N) is 2. The molecule has 11 nitrogen and oxygen atoms in total. The van der Waals surface area contributed by atoms with Crippen LogP contribution in [0.5, 0.6) is 17.2 Å². The van der Waals surface area contributed by atoms with Gasteiger partial charge in [-0.3, -0.25) is 19.4 Å². The van der Waals surface area contributed by atoms with Crippen molar-refractivity contribution in [3.8, 4) is 39.5 Å². The Hall–Kier alpha value is -5.84. The molecular weight excluding hydrogens is 793 g/mol. The van der Waals surface area contributed by atoms with Gasteiger partial charge < -0.3 is 14.2 Å². The Morgan fingerprint density at radius 1 is 0.589 bits per heavy atom. The summed E-state index contributed by atoms with van der Waals surface area (Å²) in [6, 6.07) is 22.1. The molecule has 0 aliphatic carbocycles. The van der Waals surface area contributed by atoms with Crippen molar-refractivity contribution < 1.29 is 44.2 Å². The Bertz CT molecular complexity index is 2610. The van der Waals surface area contributed by atoms with Gasteiger partial charge in [0.05, 0.1) is 50.7 Å². The molecule has 0 aliphatic rings. The molecule has 2 N–H and O–H groups in total. The molecule has 6 aromatic rings. The number of hydrogen-bond acceptors (Lipinski definition) is 9. The Morgan fingerprint density at radius 3 is 1.59 bits per heavy atom. The number of halogens is 4. The second-order valence-corrected chi connectivity index (χ2v) is 15.9. The Kier molecular flexibility index (Phi) is 11.5. The number of hydrogen-bond donors (Lipinski definition) is 2. The lowest BCUT2D eigenvalue weighted by Gasteiger charge is -2.16. The summed E-state index contributed by atoms with van der Waals surface area (Å²) in [6.07, 6.45) is 1.48. The van der Waals surface area contributed by atoms with E-state index in [9.17, 15) is 30.0 Å². The average Bonchev–Trinajstić information content (AvgIpc) is 3.17. The number of rotatable bonds is 13. The molecule has 0 radical (unpaired) electrons. The molecule has 17 heteroatoms. The number of aromatic nitrogens is 2. The summed E-state index contributed by atoms with van der Waals surface area (Å²) >= 11 is 6.05. The average molecular weight is 825 g/mol. The smallest absolute Gasteiger partial charge is 0.416 e. The van der Waals surface area contributed by atoms with Crippen LogP contribution in [0.3, 0.4) is 0 Å². The van der Waals surface area contributed by atoms with Crippen molar-refractivity contribution >= 4 is 43.0 Å². The number of alkyl halides is 3. The molecule has 0 saturated carbocycles. The van der Waals surface area contributed by atoms with Gasteiger partial charge in [-0.15, -0.1) is 0 Å². The molecule has 0 aliphatic heterocycles. The molecule has 56 heavy (non-hydrogen) atoms. The van der Waals surface area contributed by atoms with E-state index in [1.165, 1.54) is 82.4 Å². The molecule has 0 amide bonds. The third-order valence-electron chi connectivity index (χ3n) is 8.48. The van der Waals surface area contributed by atoms with Crippen LogP contribution >= 0.6 is 11.6 Å². The van der Waals surface area contributed by atoms with E-state index >= 15 is 0 Å². The van der Waals surface area contributed by atoms with E-state index < -0.39 is 31.8 Å². The van der Waals surface area contributed by atoms with Crippen molar-refractivity contribution in [1.82, 2.24) is 9.97 Å². The van der Waals surface area contributed by atoms with Gasteiger partial charge in [0.25, 0.3) is 20.0 Å². The fourth-order valence-electron chi connectivity index (χ4n) is 5.76. The second-order valence-electron chi connectivity index (χ2n) is 12.2. The molecule has 290 valence electrons. The second kappa shape index (κ2) is 16.1. The maximum Gasteiger partial charge on any atom is 0.416 e. The zero-order valence-electron chi connectivity index (χ0n) is 29.8. The Morgan fingerprint density at radius 2 is 1.09 bits per heavy atom. The van der Waals surface area contributed by atoms with Gasteiger partial charge in [0.2, 0.25) is 0 Å². The molecule has 2 heterocycles. The number of ether oxygens (including phenoxy) is 3. The van der Waals surface area contributed by atoms with Gasteiger partial charge in [0.1, 0.15) is 27.0 Å². The normalized spacial score (nSPS) is 11.8. The van der Waals surface area contributed by atoms with Gasteiger partial charge in [0.15, 0.2) is 0 Å². The standard InChI is InChI=1S/C39H32ClF3N4O7S2/c1-52-34-13-12-31(40)18-37(34)55(48,49)46-32-15-28(20-44-22-32)25-6-4-24(5-7-25)14-27-17-36(54-3)38(19-35(27)53-2)56(50,51)47-33-16-29(21-45-23-33)26-8-10-30(11-9-26)39(41,42)43/h4-13,15-23,46-47H,14H2,1-3H3. The van der Waals surface area contributed by atoms with Crippen LogP contribution in [0.15, 0.2) is 126 Å². The minimum Gasteiger partial charge on any atom is -0.496 e. The SMILES string of the molecule is COc1cc(S(=O)(=O)Nc2cncc(-c3ccc(C(F)(F)F)cc3)c2)c(OC)cc1Cc1ccc(-c2cncc(NS(=O)(=O)c3cc(Cl)ccc3OC)c2)cc1. The van der Waals surface area contributed by atoms with Crippen LogP contribution in [0, 0.1) is 0 Å². The minimum absolute atomic E-state index is 0.0394. The maximum atomic E-state index is 13.7. The Balaban J connectivity index is 1.19. The van der Waals surface area contributed by atoms with Gasteiger partial charge in [-0.2, -0.15) is 13.2 Å². The van der Waals surface area contributed by atoms with Crippen LogP contribution in [-0.2, 0) is 32.6 Å². The Labute approximate surface area is 326 Å². The zero-order valence-corrected chi connectivity index (χ0v) is 32.1. The van der Waals surface area contributed by atoms with Gasteiger partial charge in [0, 0.05) is 46.6 Å². The van der Waals surface area contributed by atoms with Crippen molar-refractivity contribution in [1.29, 1.82) is 0 Å². The van der Waals surface area contributed by atoms with Crippen LogP contribution in [0.2, 0.25) is 5.02 Å². The van der Waals surface area contributed by atoms with Crippen LogP contribution < -0.4 is 23.7 Å². The van der Waals surface area contributed by atoms with E-state index in [1.54, 1.807) is 18.3 Å². The van der Waals surface area contributed by atoms with Gasteiger partial charge in [-0.05, 0) is 65.2 Å². The molecule has 0 atom stereocenters. The third kappa shape index (κ3) is 8.99. The molecule has 0 fully saturated rings. The zero-order chi connectivity index (χ0) is 40.3. The molecular formula is C39H32ClF3N4O7S2. The summed E-state index contributed by atoms with van der Waals surface area (Å²) in [5.41, 5.74) is 3.14. The first-order chi connectivity index (χ1) is 26.6. The summed E-state index contributed by atoms with van der Waals surface area (Å²) in [4.78, 5) is 7.93. The van der Waals surface area contributed by atoms with Gasteiger partial charge in [-0.1, -0.05) is 48.0 Å². The largest absolute Gasteiger partial charge is 0.496 e. The van der Waals surface area contributed by atoms with E-state index in [4.69, 9.17) is 25.8 Å². The van der Waals surface area contributed by atoms with Crippen molar-refractivity contribution in [2.45, 2.75) is 22.4 Å². The van der Waals surface area contributed by atoms with Gasteiger partial charge >= 0.3 is 6.18 Å². The van der Waals surface area contributed by atoms with E-state index in [0.717, 1.165) is 23.3 Å². The highest BCUT2D eigenvalue weighted by Crippen LogP contribution is 2.36. The quantitative estimate of drug-likeness (QED) is 0.117. The number of methoxy groups -OCH3 is 3. The number of pyridine rings is 2. The van der Waals surface area contributed by atoms with E-state index in [2.05, 4.69) is 19.4 Å². The molecule has 0 unspecified atom stereocenters. The first kappa shape index (κ1) is 39.8. The fourth-order valence-corrected chi connectivity index (χ4v) is 8.42. The summed E-state index contributed by atoms with van der Waals surface area (Å²) in [5, 5.41) is 0.228. The lowest BCUT2D eigenvalue weighted by molar-refractivity contribution is -0.137. The molecule has 0 saturated heterocycles. The maximum absolute atomic E-state index is 13.7. The number of anilines is 2. The first-order valence-corrected chi connectivity index (χ1v) is 19.8. The van der Waals surface area contributed by atoms with Crippen molar-refractivity contribution in [3.63, 3.8) is 0 Å². The van der Waals surface area contributed by atoms with Crippen molar-refractivity contribution in [3.05, 3.63) is 137 Å². The topological polar surface area (TPSA) is 146 Å². The van der Waals surface area contributed by atoms with Crippen LogP contribution in [-0.4, -0.2) is 48.1 Å². The number of benzene rings is 4. The lowest BCUT2D eigenvalue weighted by Crippen LogP contribution is -2.15. The summed E-state index contributed by atoms with van der Waals surface area (Å²) in [5.74, 6) is 0.439. The van der Waals surface area contributed by atoms with E-state index in [-0.39, 0.29) is 43.4 Å². The summed E-state index contributed by atoms with van der Waals surface area (Å²) < 4.78 is 114. The van der Waals surface area contributed by atoms with E-state index in [1.807, 2.05) is 24.3 Å². The summed E-state index contributed by atoms with van der Waals surface area (Å²) in [6.45, 7) is 0. The summed E-state index contributed by atoms with van der Waals surface area (Å²) in [7, 11) is -4.25. The lowest BCUT2D eigenvalue weighted by atomic mass is 10.0. The van der Waals surface area contributed by atoms with Crippen molar-refractivity contribution in [2.75, 3.05) is 30.8 Å². The monoisotopic (exact) mass is 824 g/mol. The van der Waals surface area contributed by atoms with Crippen LogP contribution in [0.25, 0.3) is 22.3 Å². The number of sulfonamides is 2. The molecule has 6 rings (SSSR count). The highest BCUT2D eigenvalue weighted by molar-refractivity contribution is 7.93. The molecule has 0 spiro atoms. The molecule has 4 aromatic carbocycles. The molecule has 2 aromatic heterocycles. The highest BCUT2D eigenvalue weighted by Gasteiger charge is 2.30. The predicted molar refractivity (Wildman–Crippen MR) is 206 cm³/mol. The number of nitrogens with one attached hydrogen (secondary N) is 2. The highest BCUT2D eigenvalue weighted by atomic mass is 35.5. The fraction of sp³-hybridized carbons (Fsp3) is 0.128. The van der Waals surface area contributed by atoms with Crippen LogP contribution in [0.4, 0.5) is 24.5 Å². The predicted octanol–water partition coefficient (Wildman–Crippen LogP) is 8.70.